The average Bonchev–Trinajstić information content (AvgIpc) is 3.14. The molecule has 0 radical (unpaired) electrons. The molecule has 13 heteroatoms. The Morgan fingerprint density at radius 2 is 2.06 bits per heavy atom. The third-order valence-corrected chi connectivity index (χ3v) is 5.30. The number of halogens is 2. The number of nitrogen functional groups attached to an aromatic ring is 1. The zero-order valence-corrected chi connectivity index (χ0v) is 17.7. The molecular weight excluding hydrogens is 453 g/mol. The minimum absolute atomic E-state index is 0.0813. The number of hydrogen-bond donors (Lipinski definition) is 3. The van der Waals surface area contributed by atoms with Gasteiger partial charge in [0.05, 0.1) is 23.1 Å². The summed E-state index contributed by atoms with van der Waals surface area (Å²) >= 11 is 6.19. The first-order chi connectivity index (χ1) is 15.8. The number of benzene rings is 1. The van der Waals surface area contributed by atoms with Gasteiger partial charge in [-0.3, -0.25) is 14.2 Å². The fraction of sp³-hybridized carbons (Fsp3) is 0.100. The molecule has 0 saturated carbocycles. The van der Waals surface area contributed by atoms with Crippen molar-refractivity contribution in [2.75, 3.05) is 11.1 Å². The van der Waals surface area contributed by atoms with Crippen molar-refractivity contribution in [3.05, 3.63) is 80.2 Å². The molecule has 4 heterocycles. The summed E-state index contributed by atoms with van der Waals surface area (Å²) in [6.45, 7) is 1.70. The highest BCUT2D eigenvalue weighted by atomic mass is 35.5. The lowest BCUT2D eigenvalue weighted by Gasteiger charge is -2.20. The SMILES string of the molecule is CC(Nc1nc(N)nc2[nH]cnc(=O)c12)c1nn2ccc(Cl)c2c(=O)n1-c1cccc(F)c1. The summed E-state index contributed by atoms with van der Waals surface area (Å²) in [4.78, 5) is 40.3. The molecule has 5 rings (SSSR count). The topological polar surface area (TPSA) is 149 Å². The highest BCUT2D eigenvalue weighted by molar-refractivity contribution is 6.33. The van der Waals surface area contributed by atoms with Gasteiger partial charge in [0.1, 0.15) is 22.5 Å². The summed E-state index contributed by atoms with van der Waals surface area (Å²) in [5.41, 5.74) is 5.31. The van der Waals surface area contributed by atoms with Gasteiger partial charge in [-0.15, -0.1) is 0 Å². The summed E-state index contributed by atoms with van der Waals surface area (Å²) in [7, 11) is 0. The van der Waals surface area contributed by atoms with Crippen LogP contribution in [0.25, 0.3) is 22.2 Å². The Kier molecular flexibility index (Phi) is 4.78. The number of anilines is 2. The van der Waals surface area contributed by atoms with Crippen LogP contribution in [0.15, 0.2) is 52.4 Å². The van der Waals surface area contributed by atoms with Crippen LogP contribution in [0.4, 0.5) is 16.2 Å². The molecule has 4 aromatic heterocycles. The van der Waals surface area contributed by atoms with Gasteiger partial charge in [0.2, 0.25) is 5.95 Å². The van der Waals surface area contributed by atoms with Crippen molar-refractivity contribution in [2.24, 2.45) is 0 Å². The third kappa shape index (κ3) is 3.46. The van der Waals surface area contributed by atoms with Gasteiger partial charge in [-0.05, 0) is 31.2 Å². The lowest BCUT2D eigenvalue weighted by molar-refractivity contribution is 0.622. The highest BCUT2D eigenvalue weighted by Crippen LogP contribution is 2.24. The van der Waals surface area contributed by atoms with Gasteiger partial charge in [0.15, 0.2) is 11.5 Å². The fourth-order valence-corrected chi connectivity index (χ4v) is 3.79. The lowest BCUT2D eigenvalue weighted by atomic mass is 10.2. The number of aromatic nitrogens is 7. The molecule has 1 unspecified atom stereocenters. The number of aromatic amines is 1. The highest BCUT2D eigenvalue weighted by Gasteiger charge is 2.22. The summed E-state index contributed by atoms with van der Waals surface area (Å²) in [5, 5.41) is 7.86. The second kappa shape index (κ2) is 7.67. The van der Waals surface area contributed by atoms with Crippen molar-refractivity contribution in [1.82, 2.24) is 34.1 Å². The number of rotatable bonds is 4. The Morgan fingerprint density at radius 1 is 1.24 bits per heavy atom. The number of nitrogens with two attached hydrogens (primary N) is 1. The number of hydrogen-bond acceptors (Lipinski definition) is 8. The Balaban J connectivity index is 1.72. The molecule has 4 N–H and O–H groups in total. The van der Waals surface area contributed by atoms with Gasteiger partial charge >= 0.3 is 0 Å². The first-order valence-corrected chi connectivity index (χ1v) is 10.0. The van der Waals surface area contributed by atoms with Crippen LogP contribution in [-0.4, -0.2) is 34.1 Å². The van der Waals surface area contributed by atoms with Gasteiger partial charge < -0.3 is 16.0 Å². The maximum atomic E-state index is 14.0. The molecule has 5 aromatic rings. The minimum atomic E-state index is -0.705. The van der Waals surface area contributed by atoms with E-state index < -0.39 is 23.0 Å². The summed E-state index contributed by atoms with van der Waals surface area (Å²) < 4.78 is 16.6. The molecule has 0 fully saturated rings. The predicted molar refractivity (Wildman–Crippen MR) is 120 cm³/mol. The normalized spacial score (nSPS) is 12.3. The van der Waals surface area contributed by atoms with Gasteiger partial charge in [-0.25, -0.2) is 8.91 Å². The number of H-pyrrole nitrogens is 1. The molecule has 0 aliphatic rings. The predicted octanol–water partition coefficient (Wildman–Crippen LogP) is 2.06. The monoisotopic (exact) mass is 467 g/mol. The van der Waals surface area contributed by atoms with E-state index in [1.165, 1.54) is 45.9 Å². The molecule has 1 atom stereocenters. The minimum Gasteiger partial charge on any atom is -0.368 e. The Bertz CT molecular complexity index is 1660. The number of nitrogens with one attached hydrogen (secondary N) is 2. The van der Waals surface area contributed by atoms with E-state index in [1.54, 1.807) is 13.0 Å². The summed E-state index contributed by atoms with van der Waals surface area (Å²) in [5.74, 6) is -0.303. The van der Waals surface area contributed by atoms with Crippen molar-refractivity contribution in [2.45, 2.75) is 13.0 Å². The van der Waals surface area contributed by atoms with E-state index in [1.807, 2.05) is 0 Å². The lowest BCUT2D eigenvalue weighted by Crippen LogP contribution is -2.29. The maximum absolute atomic E-state index is 14.0. The van der Waals surface area contributed by atoms with Crippen LogP contribution in [0.2, 0.25) is 5.02 Å². The molecule has 0 saturated heterocycles. The van der Waals surface area contributed by atoms with Crippen molar-refractivity contribution in [3.8, 4) is 5.69 Å². The van der Waals surface area contributed by atoms with Crippen LogP contribution in [0.5, 0.6) is 0 Å². The third-order valence-electron chi connectivity index (χ3n) is 4.99. The van der Waals surface area contributed by atoms with E-state index in [0.717, 1.165) is 0 Å². The largest absolute Gasteiger partial charge is 0.368 e. The van der Waals surface area contributed by atoms with Crippen LogP contribution < -0.4 is 22.2 Å². The maximum Gasteiger partial charge on any atom is 0.285 e. The molecule has 33 heavy (non-hydrogen) atoms. The van der Waals surface area contributed by atoms with Crippen LogP contribution in [-0.2, 0) is 0 Å². The van der Waals surface area contributed by atoms with Crippen LogP contribution in [0.1, 0.15) is 18.8 Å². The van der Waals surface area contributed by atoms with Crippen LogP contribution in [0.3, 0.4) is 0 Å². The van der Waals surface area contributed by atoms with Gasteiger partial charge in [-0.2, -0.15) is 20.1 Å². The number of nitrogens with zero attached hydrogens (tertiary/aromatic N) is 6. The van der Waals surface area contributed by atoms with Crippen molar-refractivity contribution >= 4 is 39.9 Å². The zero-order valence-electron chi connectivity index (χ0n) is 17.0. The van der Waals surface area contributed by atoms with Crippen LogP contribution >= 0.6 is 11.6 Å². The quantitative estimate of drug-likeness (QED) is 0.363. The molecule has 1 aromatic carbocycles. The Labute approximate surface area is 188 Å². The second-order valence-corrected chi connectivity index (χ2v) is 7.57. The van der Waals surface area contributed by atoms with Gasteiger partial charge in [0.25, 0.3) is 11.1 Å². The molecule has 0 bridgehead atoms. The fourth-order valence-electron chi connectivity index (χ4n) is 3.57. The molecular formula is C20H15ClFN9O2. The standard InChI is InChI=1S/C20H15ClFN9O2/c1-9(26-16-13-15(27-20(23)28-16)24-8-25-18(13)32)17-29-30-6-5-12(21)14(30)19(33)31(17)11-4-2-3-10(22)7-11/h2-9H,1H3,(H4,23,24,25,26,27,28,32). The Morgan fingerprint density at radius 3 is 2.85 bits per heavy atom. The van der Waals surface area contributed by atoms with E-state index in [-0.39, 0.29) is 44.9 Å². The molecule has 166 valence electrons. The van der Waals surface area contributed by atoms with Crippen LogP contribution in [0, 0.1) is 5.82 Å². The van der Waals surface area contributed by atoms with E-state index in [2.05, 4.69) is 30.4 Å². The van der Waals surface area contributed by atoms with Gasteiger partial charge in [0, 0.05) is 6.20 Å². The molecule has 0 spiro atoms. The van der Waals surface area contributed by atoms with E-state index in [4.69, 9.17) is 17.3 Å². The zero-order chi connectivity index (χ0) is 23.3. The first kappa shape index (κ1) is 20.6. The van der Waals surface area contributed by atoms with Crippen molar-refractivity contribution in [3.63, 3.8) is 0 Å². The van der Waals surface area contributed by atoms with E-state index in [0.29, 0.717) is 0 Å². The molecule has 0 amide bonds. The molecule has 0 aliphatic heterocycles. The number of fused-ring (bicyclic) bond motifs is 2. The summed E-state index contributed by atoms with van der Waals surface area (Å²) in [6.07, 6.45) is 2.75. The first-order valence-electron chi connectivity index (χ1n) is 9.66. The molecule has 0 aliphatic carbocycles. The molecule has 11 nitrogen and oxygen atoms in total. The second-order valence-electron chi connectivity index (χ2n) is 7.16. The van der Waals surface area contributed by atoms with E-state index in [9.17, 15) is 14.0 Å². The van der Waals surface area contributed by atoms with Gasteiger partial charge in [-0.1, -0.05) is 17.7 Å². The summed E-state index contributed by atoms with van der Waals surface area (Å²) in [6, 6.07) is 6.35. The van der Waals surface area contributed by atoms with Crippen molar-refractivity contribution in [1.29, 1.82) is 0 Å². The van der Waals surface area contributed by atoms with E-state index >= 15 is 0 Å². The smallest absolute Gasteiger partial charge is 0.285 e. The van der Waals surface area contributed by atoms with Crippen molar-refractivity contribution < 1.29 is 4.39 Å². The Hall–Kier alpha value is -4.32. The average molecular weight is 468 g/mol.